The molecule has 19 heavy (non-hydrogen) atoms. The Bertz CT molecular complexity index is 475. The maximum absolute atomic E-state index is 11.9. The summed E-state index contributed by atoms with van der Waals surface area (Å²) in [6, 6.07) is 6.84. The van der Waals surface area contributed by atoms with Crippen molar-refractivity contribution in [1.29, 1.82) is 0 Å². The zero-order valence-corrected chi connectivity index (χ0v) is 11.9. The molecule has 1 heterocycles. The van der Waals surface area contributed by atoms with Crippen molar-refractivity contribution in [3.63, 3.8) is 0 Å². The number of carbonyl (C=O) groups excluding carboxylic acids is 1. The van der Waals surface area contributed by atoms with Crippen LogP contribution in [0, 0.1) is 0 Å². The normalized spacial score (nSPS) is 18.1. The van der Waals surface area contributed by atoms with E-state index in [1.54, 1.807) is 24.3 Å². The Morgan fingerprint density at radius 1 is 1.47 bits per heavy atom. The van der Waals surface area contributed by atoms with Crippen LogP contribution in [-0.4, -0.2) is 30.3 Å². The van der Waals surface area contributed by atoms with Gasteiger partial charge >= 0.3 is 0 Å². The number of nitrogens with one attached hydrogen (secondary N) is 2. The van der Waals surface area contributed by atoms with Crippen molar-refractivity contribution in [2.75, 3.05) is 13.2 Å². The summed E-state index contributed by atoms with van der Waals surface area (Å²) in [5.41, 5.74) is 0.408. The number of thiocarbonyl (C=S) groups is 1. The largest absolute Gasteiger partial charge is 0.376 e. The van der Waals surface area contributed by atoms with E-state index in [4.69, 9.17) is 28.6 Å². The SMILES string of the molecule is O=C(NC(=S)NC[C@@H]1CCCO1)c1ccccc1Cl. The highest BCUT2D eigenvalue weighted by Crippen LogP contribution is 2.14. The molecule has 2 N–H and O–H groups in total. The lowest BCUT2D eigenvalue weighted by Crippen LogP contribution is -2.42. The van der Waals surface area contributed by atoms with Crippen LogP contribution in [0.1, 0.15) is 23.2 Å². The van der Waals surface area contributed by atoms with Gasteiger partial charge in [-0.2, -0.15) is 0 Å². The van der Waals surface area contributed by atoms with Gasteiger partial charge in [0.05, 0.1) is 16.7 Å². The summed E-state index contributed by atoms with van der Waals surface area (Å²) in [4.78, 5) is 11.9. The number of halogens is 1. The summed E-state index contributed by atoms with van der Waals surface area (Å²) in [7, 11) is 0. The number of hydrogen-bond acceptors (Lipinski definition) is 3. The van der Waals surface area contributed by atoms with E-state index in [0.29, 0.717) is 22.2 Å². The zero-order valence-electron chi connectivity index (χ0n) is 10.3. The second-order valence-corrected chi connectivity index (χ2v) is 5.09. The zero-order chi connectivity index (χ0) is 13.7. The summed E-state index contributed by atoms with van der Waals surface area (Å²) in [6.45, 7) is 1.41. The first kappa shape index (κ1) is 14.2. The predicted octanol–water partition coefficient (Wildman–Crippen LogP) is 2.12. The lowest BCUT2D eigenvalue weighted by Gasteiger charge is -2.13. The van der Waals surface area contributed by atoms with Crippen molar-refractivity contribution < 1.29 is 9.53 Å². The average Bonchev–Trinajstić information content (AvgIpc) is 2.90. The van der Waals surface area contributed by atoms with Crippen LogP contribution >= 0.6 is 23.8 Å². The van der Waals surface area contributed by atoms with Gasteiger partial charge in [0.15, 0.2) is 5.11 Å². The minimum Gasteiger partial charge on any atom is -0.376 e. The smallest absolute Gasteiger partial charge is 0.258 e. The molecule has 2 rings (SSSR count). The molecule has 1 aromatic rings. The molecule has 0 bridgehead atoms. The van der Waals surface area contributed by atoms with Gasteiger partial charge in [0.1, 0.15) is 0 Å². The summed E-state index contributed by atoms with van der Waals surface area (Å²) in [5.74, 6) is -0.310. The van der Waals surface area contributed by atoms with Crippen LogP contribution in [0.25, 0.3) is 0 Å². The third-order valence-corrected chi connectivity index (χ3v) is 3.44. The maximum atomic E-state index is 11.9. The highest BCUT2D eigenvalue weighted by atomic mass is 35.5. The third kappa shape index (κ3) is 4.16. The van der Waals surface area contributed by atoms with Gasteiger partial charge in [-0.25, -0.2) is 0 Å². The molecule has 0 saturated carbocycles. The Morgan fingerprint density at radius 3 is 2.95 bits per heavy atom. The third-order valence-electron chi connectivity index (χ3n) is 2.86. The molecule has 0 aliphatic carbocycles. The Hall–Kier alpha value is -1.17. The number of benzene rings is 1. The average molecular weight is 299 g/mol. The summed E-state index contributed by atoms with van der Waals surface area (Å²) in [6.07, 6.45) is 2.27. The molecule has 1 aliphatic heterocycles. The molecular formula is C13H15ClN2O2S. The molecule has 0 aromatic heterocycles. The number of rotatable bonds is 3. The standard InChI is InChI=1S/C13H15ClN2O2S/c14-11-6-2-1-5-10(11)12(17)16-13(19)15-8-9-4-3-7-18-9/h1-2,5-6,9H,3-4,7-8H2,(H2,15,16,17,19)/t9-/m0/s1. The van der Waals surface area contributed by atoms with Crippen LogP contribution in [0.4, 0.5) is 0 Å². The molecule has 0 unspecified atom stereocenters. The maximum Gasteiger partial charge on any atom is 0.258 e. The summed E-state index contributed by atoms with van der Waals surface area (Å²) in [5, 5.41) is 6.28. The van der Waals surface area contributed by atoms with E-state index in [1.165, 1.54) is 0 Å². The van der Waals surface area contributed by atoms with Gasteiger partial charge < -0.3 is 10.1 Å². The molecular weight excluding hydrogens is 284 g/mol. The molecule has 6 heteroatoms. The molecule has 1 atom stereocenters. The van der Waals surface area contributed by atoms with Crippen molar-refractivity contribution >= 4 is 34.8 Å². The van der Waals surface area contributed by atoms with Crippen molar-refractivity contribution in [1.82, 2.24) is 10.6 Å². The van der Waals surface area contributed by atoms with Gasteiger partial charge in [-0.15, -0.1) is 0 Å². The summed E-state index contributed by atoms with van der Waals surface area (Å²) < 4.78 is 5.46. The second kappa shape index (κ2) is 6.84. The van der Waals surface area contributed by atoms with Gasteiger partial charge in [0, 0.05) is 13.2 Å². The first-order valence-corrected chi connectivity index (χ1v) is 6.91. The van der Waals surface area contributed by atoms with E-state index in [9.17, 15) is 4.79 Å². The summed E-state index contributed by atoms with van der Waals surface area (Å²) >= 11 is 11.0. The van der Waals surface area contributed by atoms with Crippen LogP contribution in [0.5, 0.6) is 0 Å². The molecule has 1 amide bonds. The fourth-order valence-corrected chi connectivity index (χ4v) is 2.27. The minimum absolute atomic E-state index is 0.176. The van der Waals surface area contributed by atoms with Crippen molar-refractivity contribution in [2.24, 2.45) is 0 Å². The van der Waals surface area contributed by atoms with Crippen molar-refractivity contribution in [3.8, 4) is 0 Å². The molecule has 4 nitrogen and oxygen atoms in total. The lowest BCUT2D eigenvalue weighted by atomic mass is 10.2. The molecule has 102 valence electrons. The molecule has 1 fully saturated rings. The van der Waals surface area contributed by atoms with E-state index in [2.05, 4.69) is 10.6 Å². The number of hydrogen-bond donors (Lipinski definition) is 2. The minimum atomic E-state index is -0.310. The molecule has 1 saturated heterocycles. The van der Waals surface area contributed by atoms with Gasteiger partial charge in [0.2, 0.25) is 0 Å². The van der Waals surface area contributed by atoms with Crippen molar-refractivity contribution in [3.05, 3.63) is 34.9 Å². The lowest BCUT2D eigenvalue weighted by molar-refractivity contribution is 0.0973. The Morgan fingerprint density at radius 2 is 2.26 bits per heavy atom. The van der Waals surface area contributed by atoms with E-state index in [0.717, 1.165) is 19.4 Å². The van der Waals surface area contributed by atoms with Gasteiger partial charge in [-0.1, -0.05) is 23.7 Å². The van der Waals surface area contributed by atoms with E-state index >= 15 is 0 Å². The van der Waals surface area contributed by atoms with Crippen LogP contribution in [0.15, 0.2) is 24.3 Å². The van der Waals surface area contributed by atoms with Crippen LogP contribution in [0.2, 0.25) is 5.02 Å². The molecule has 0 spiro atoms. The Kier molecular flexibility index (Phi) is 5.13. The number of carbonyl (C=O) groups is 1. The van der Waals surface area contributed by atoms with Gasteiger partial charge in [-0.05, 0) is 37.2 Å². The predicted molar refractivity (Wildman–Crippen MR) is 78.5 cm³/mol. The topological polar surface area (TPSA) is 50.4 Å². The number of ether oxygens (including phenoxy) is 1. The molecule has 1 aromatic carbocycles. The fourth-order valence-electron chi connectivity index (χ4n) is 1.87. The highest BCUT2D eigenvalue weighted by molar-refractivity contribution is 7.80. The first-order valence-electron chi connectivity index (χ1n) is 6.12. The van der Waals surface area contributed by atoms with Gasteiger partial charge in [-0.3, -0.25) is 10.1 Å². The van der Waals surface area contributed by atoms with E-state index < -0.39 is 0 Å². The monoisotopic (exact) mass is 298 g/mol. The highest BCUT2D eigenvalue weighted by Gasteiger charge is 2.16. The Labute approximate surface area is 122 Å². The first-order chi connectivity index (χ1) is 9.16. The fraction of sp³-hybridized carbons (Fsp3) is 0.385. The number of amides is 1. The second-order valence-electron chi connectivity index (χ2n) is 4.28. The molecule has 1 aliphatic rings. The van der Waals surface area contributed by atoms with Crippen LogP contribution in [-0.2, 0) is 4.74 Å². The quantitative estimate of drug-likeness (QED) is 0.839. The van der Waals surface area contributed by atoms with E-state index in [-0.39, 0.29) is 12.0 Å². The Balaban J connectivity index is 1.81. The van der Waals surface area contributed by atoms with E-state index in [1.807, 2.05) is 0 Å². The molecule has 0 radical (unpaired) electrons. The van der Waals surface area contributed by atoms with Crippen LogP contribution < -0.4 is 10.6 Å². The van der Waals surface area contributed by atoms with Gasteiger partial charge in [0.25, 0.3) is 5.91 Å². The van der Waals surface area contributed by atoms with Crippen LogP contribution in [0.3, 0.4) is 0 Å². The van der Waals surface area contributed by atoms with Crippen molar-refractivity contribution in [2.45, 2.75) is 18.9 Å².